The molecule has 1 N–H and O–H groups in total. The van der Waals surface area contributed by atoms with Crippen LogP contribution in [0.25, 0.3) is 22.2 Å². The second kappa shape index (κ2) is 8.43. The summed E-state index contributed by atoms with van der Waals surface area (Å²) in [5.41, 5.74) is 0.798. The standard InChI is InChI=1S/C22H19N3O4/c1-27-18-9-7-16(8-10-18)22-24-21(29-25-22)13-23-20(26)14-28-19-11-6-15-4-2-3-5-17(15)12-19/h2-12H,13-14H2,1H3,(H,23,26). The lowest BCUT2D eigenvalue weighted by molar-refractivity contribution is -0.123. The van der Waals surface area contributed by atoms with Crippen LogP contribution >= 0.6 is 0 Å². The van der Waals surface area contributed by atoms with Crippen molar-refractivity contribution in [2.45, 2.75) is 6.54 Å². The highest BCUT2D eigenvalue weighted by Gasteiger charge is 2.10. The highest BCUT2D eigenvalue weighted by atomic mass is 16.5. The largest absolute Gasteiger partial charge is 0.497 e. The zero-order chi connectivity index (χ0) is 20.1. The predicted octanol–water partition coefficient (Wildman–Crippen LogP) is 3.59. The number of rotatable bonds is 7. The fourth-order valence-corrected chi connectivity index (χ4v) is 2.82. The van der Waals surface area contributed by atoms with E-state index < -0.39 is 0 Å². The minimum Gasteiger partial charge on any atom is -0.497 e. The molecule has 0 saturated heterocycles. The number of methoxy groups -OCH3 is 1. The molecule has 4 aromatic rings. The number of aromatic nitrogens is 2. The number of hydrogen-bond donors (Lipinski definition) is 1. The maximum absolute atomic E-state index is 12.1. The van der Waals surface area contributed by atoms with E-state index in [0.717, 1.165) is 22.1 Å². The first kappa shape index (κ1) is 18.5. The molecule has 0 radical (unpaired) electrons. The second-order valence-corrected chi connectivity index (χ2v) is 6.31. The van der Waals surface area contributed by atoms with Crippen LogP contribution in [0.5, 0.6) is 11.5 Å². The molecule has 3 aromatic carbocycles. The van der Waals surface area contributed by atoms with Gasteiger partial charge in [-0.1, -0.05) is 35.5 Å². The fourth-order valence-electron chi connectivity index (χ4n) is 2.82. The lowest BCUT2D eigenvalue weighted by Crippen LogP contribution is -2.28. The van der Waals surface area contributed by atoms with E-state index in [1.807, 2.05) is 66.7 Å². The summed E-state index contributed by atoms with van der Waals surface area (Å²) in [4.78, 5) is 16.3. The van der Waals surface area contributed by atoms with Crippen molar-refractivity contribution in [3.05, 3.63) is 72.6 Å². The van der Waals surface area contributed by atoms with Crippen LogP contribution in [0.3, 0.4) is 0 Å². The van der Waals surface area contributed by atoms with Crippen LogP contribution in [-0.2, 0) is 11.3 Å². The van der Waals surface area contributed by atoms with Crippen LogP contribution in [0.1, 0.15) is 5.89 Å². The molecule has 0 atom stereocenters. The molecule has 0 spiro atoms. The summed E-state index contributed by atoms with van der Waals surface area (Å²) >= 11 is 0. The number of nitrogens with one attached hydrogen (secondary N) is 1. The fraction of sp³-hybridized carbons (Fsp3) is 0.136. The summed E-state index contributed by atoms with van der Waals surface area (Å²) < 4.78 is 15.9. The molecule has 1 amide bonds. The van der Waals surface area contributed by atoms with E-state index in [4.69, 9.17) is 14.0 Å². The minimum atomic E-state index is -0.276. The summed E-state index contributed by atoms with van der Waals surface area (Å²) in [6, 6.07) is 21.0. The Balaban J connectivity index is 1.29. The van der Waals surface area contributed by atoms with Crippen molar-refractivity contribution in [3.63, 3.8) is 0 Å². The molecule has 0 fully saturated rings. The molecule has 1 aromatic heterocycles. The average Bonchev–Trinajstić information content (AvgIpc) is 3.25. The van der Waals surface area contributed by atoms with Gasteiger partial charge in [-0.05, 0) is 47.2 Å². The third-order valence-corrected chi connectivity index (χ3v) is 4.34. The summed E-state index contributed by atoms with van der Waals surface area (Å²) in [6.07, 6.45) is 0. The number of nitrogens with zero attached hydrogens (tertiary/aromatic N) is 2. The first-order valence-corrected chi connectivity index (χ1v) is 9.06. The third-order valence-electron chi connectivity index (χ3n) is 4.34. The van der Waals surface area contributed by atoms with Gasteiger partial charge in [0.15, 0.2) is 6.61 Å². The van der Waals surface area contributed by atoms with Gasteiger partial charge in [-0.3, -0.25) is 4.79 Å². The van der Waals surface area contributed by atoms with E-state index in [2.05, 4.69) is 15.5 Å². The first-order chi connectivity index (χ1) is 14.2. The van der Waals surface area contributed by atoms with E-state index in [1.165, 1.54) is 0 Å². The Morgan fingerprint density at radius 1 is 1.00 bits per heavy atom. The van der Waals surface area contributed by atoms with Gasteiger partial charge in [-0.25, -0.2) is 0 Å². The van der Waals surface area contributed by atoms with Crippen molar-refractivity contribution in [1.82, 2.24) is 15.5 Å². The molecular formula is C22H19N3O4. The summed E-state index contributed by atoms with van der Waals surface area (Å²) in [5.74, 6) is 1.87. The second-order valence-electron chi connectivity index (χ2n) is 6.31. The monoisotopic (exact) mass is 389 g/mol. The Hall–Kier alpha value is -3.87. The van der Waals surface area contributed by atoms with E-state index in [-0.39, 0.29) is 19.1 Å². The van der Waals surface area contributed by atoms with E-state index in [9.17, 15) is 4.79 Å². The molecule has 146 valence electrons. The number of hydrogen-bond acceptors (Lipinski definition) is 6. The molecular weight excluding hydrogens is 370 g/mol. The van der Waals surface area contributed by atoms with Gasteiger partial charge in [0.1, 0.15) is 11.5 Å². The molecule has 7 heteroatoms. The molecule has 7 nitrogen and oxygen atoms in total. The van der Waals surface area contributed by atoms with Crippen molar-refractivity contribution >= 4 is 16.7 Å². The number of benzene rings is 3. The Morgan fingerprint density at radius 3 is 2.55 bits per heavy atom. The number of amides is 1. The highest BCUT2D eigenvalue weighted by Crippen LogP contribution is 2.21. The molecule has 1 heterocycles. The maximum atomic E-state index is 12.1. The van der Waals surface area contributed by atoms with Crippen molar-refractivity contribution in [2.24, 2.45) is 0 Å². The minimum absolute atomic E-state index is 0.0994. The van der Waals surface area contributed by atoms with E-state index in [0.29, 0.717) is 17.5 Å². The highest BCUT2D eigenvalue weighted by molar-refractivity contribution is 5.84. The average molecular weight is 389 g/mol. The normalized spacial score (nSPS) is 10.7. The van der Waals surface area contributed by atoms with Gasteiger partial charge in [0, 0.05) is 5.56 Å². The molecule has 4 rings (SSSR count). The molecule has 0 aliphatic heterocycles. The zero-order valence-corrected chi connectivity index (χ0v) is 15.8. The lowest BCUT2D eigenvalue weighted by atomic mass is 10.1. The van der Waals surface area contributed by atoms with E-state index in [1.54, 1.807) is 7.11 Å². The van der Waals surface area contributed by atoms with Crippen molar-refractivity contribution in [1.29, 1.82) is 0 Å². The zero-order valence-electron chi connectivity index (χ0n) is 15.8. The van der Waals surface area contributed by atoms with Gasteiger partial charge in [0.2, 0.25) is 11.7 Å². The molecule has 0 aliphatic rings. The summed E-state index contributed by atoms with van der Waals surface area (Å²) in [7, 11) is 1.61. The van der Waals surface area contributed by atoms with Crippen LogP contribution in [0.2, 0.25) is 0 Å². The van der Waals surface area contributed by atoms with Crippen LogP contribution in [0.15, 0.2) is 71.3 Å². The number of ether oxygens (including phenoxy) is 2. The van der Waals surface area contributed by atoms with Crippen LogP contribution in [-0.4, -0.2) is 29.8 Å². The molecule has 29 heavy (non-hydrogen) atoms. The quantitative estimate of drug-likeness (QED) is 0.520. The SMILES string of the molecule is COc1ccc(-c2noc(CNC(=O)COc3ccc4ccccc4c3)n2)cc1. The van der Waals surface area contributed by atoms with Gasteiger partial charge in [0.25, 0.3) is 5.91 Å². The number of carbonyl (C=O) groups is 1. The van der Waals surface area contributed by atoms with Crippen molar-refractivity contribution < 1.29 is 18.8 Å². The van der Waals surface area contributed by atoms with Crippen molar-refractivity contribution in [3.8, 4) is 22.9 Å². The number of carbonyl (C=O) groups excluding carboxylic acids is 1. The van der Waals surface area contributed by atoms with Crippen molar-refractivity contribution in [2.75, 3.05) is 13.7 Å². The van der Waals surface area contributed by atoms with Gasteiger partial charge in [-0.15, -0.1) is 0 Å². The van der Waals surface area contributed by atoms with Gasteiger partial charge in [-0.2, -0.15) is 4.98 Å². The Morgan fingerprint density at radius 2 is 1.76 bits per heavy atom. The summed E-state index contributed by atoms with van der Waals surface area (Å²) in [6.45, 7) is 0.0287. The molecule has 0 unspecified atom stereocenters. The first-order valence-electron chi connectivity index (χ1n) is 9.06. The van der Waals surface area contributed by atoms with Crippen LogP contribution in [0.4, 0.5) is 0 Å². The molecule has 0 bridgehead atoms. The van der Waals surface area contributed by atoms with E-state index >= 15 is 0 Å². The molecule has 0 aliphatic carbocycles. The van der Waals surface area contributed by atoms with Gasteiger partial charge < -0.3 is 19.3 Å². The lowest BCUT2D eigenvalue weighted by Gasteiger charge is -2.07. The Bertz CT molecular complexity index is 1120. The Labute approximate surface area is 167 Å². The van der Waals surface area contributed by atoms with Crippen LogP contribution in [0, 0.1) is 0 Å². The van der Waals surface area contributed by atoms with Gasteiger partial charge in [0.05, 0.1) is 13.7 Å². The number of fused-ring (bicyclic) bond motifs is 1. The van der Waals surface area contributed by atoms with Gasteiger partial charge >= 0.3 is 0 Å². The maximum Gasteiger partial charge on any atom is 0.258 e. The third kappa shape index (κ3) is 4.52. The predicted molar refractivity (Wildman–Crippen MR) is 108 cm³/mol. The summed E-state index contributed by atoms with van der Waals surface area (Å²) in [5, 5.41) is 8.82. The van der Waals surface area contributed by atoms with Crippen LogP contribution < -0.4 is 14.8 Å². The Kier molecular flexibility index (Phi) is 5.38. The molecule has 0 saturated carbocycles. The smallest absolute Gasteiger partial charge is 0.258 e. The topological polar surface area (TPSA) is 86.5 Å².